The van der Waals surface area contributed by atoms with Crippen LogP contribution in [0, 0.1) is 10.1 Å². The largest absolute Gasteiger partial charge is 0.455 e. The average molecular weight is 226 g/mol. The molecular formula is C9H9NO4P+. The first-order valence-corrected chi connectivity index (χ1v) is 4.75. The Kier molecular flexibility index (Phi) is 3.94. The smallest absolute Gasteiger partial charge is 0.373 e. The third-order valence-electron chi connectivity index (χ3n) is 1.66. The molecule has 0 aliphatic carbocycles. The zero-order chi connectivity index (χ0) is 11.3. The first kappa shape index (κ1) is 11.3. The minimum atomic E-state index is -0.480. The molecule has 78 valence electrons. The highest BCUT2D eigenvalue weighted by molar-refractivity contribution is 7.21. The summed E-state index contributed by atoms with van der Waals surface area (Å²) in [5, 5.41) is 10.3. The molecule has 0 amide bonds. The third kappa shape index (κ3) is 3.48. The Morgan fingerprint density at radius 3 is 2.53 bits per heavy atom. The minimum absolute atomic E-state index is 0.0164. The van der Waals surface area contributed by atoms with Crippen molar-refractivity contribution in [1.82, 2.24) is 0 Å². The van der Waals surface area contributed by atoms with Crippen molar-refractivity contribution >= 4 is 26.3 Å². The highest BCUT2D eigenvalue weighted by Gasteiger charge is 2.05. The van der Waals surface area contributed by atoms with Crippen molar-refractivity contribution in [1.29, 1.82) is 0 Å². The zero-order valence-electron chi connectivity index (χ0n) is 7.75. The van der Waals surface area contributed by atoms with Crippen molar-refractivity contribution in [3.63, 3.8) is 0 Å². The molecule has 0 saturated carbocycles. The molecule has 0 heterocycles. The number of non-ortho nitro benzene ring substituents is 1. The number of nitro benzene ring substituents is 1. The van der Waals surface area contributed by atoms with Gasteiger partial charge in [0.1, 0.15) is 6.61 Å². The molecule has 1 atom stereocenters. The molecule has 15 heavy (non-hydrogen) atoms. The lowest BCUT2D eigenvalue weighted by Crippen LogP contribution is -2.03. The minimum Gasteiger partial charge on any atom is -0.455 e. The summed E-state index contributed by atoms with van der Waals surface area (Å²) in [6.45, 7) is 0.113. The molecule has 1 unspecified atom stereocenters. The number of nitro groups is 1. The second-order valence-corrected chi connectivity index (χ2v) is 3.03. The van der Waals surface area contributed by atoms with Crippen LogP contribution in [0.2, 0.25) is 0 Å². The molecule has 6 heteroatoms. The molecule has 5 nitrogen and oxygen atoms in total. The molecule has 0 bridgehead atoms. The van der Waals surface area contributed by atoms with Gasteiger partial charge in [-0.3, -0.25) is 10.1 Å². The van der Waals surface area contributed by atoms with E-state index in [0.29, 0.717) is 5.56 Å². The number of benzene rings is 1. The van der Waals surface area contributed by atoms with E-state index >= 15 is 0 Å². The normalized spacial score (nSPS) is 9.33. The van der Waals surface area contributed by atoms with Gasteiger partial charge in [-0.15, -0.1) is 0 Å². The van der Waals surface area contributed by atoms with Gasteiger partial charge in [0.15, 0.2) is 5.80 Å². The number of nitrogens with zero attached hydrogens (tertiary/aromatic N) is 1. The summed E-state index contributed by atoms with van der Waals surface area (Å²) in [6.07, 6.45) is 0. The van der Waals surface area contributed by atoms with Gasteiger partial charge in [-0.05, 0) is 17.7 Å². The Morgan fingerprint density at radius 1 is 1.47 bits per heavy atom. The van der Waals surface area contributed by atoms with Gasteiger partial charge in [0.2, 0.25) is 0 Å². The molecule has 0 fully saturated rings. The lowest BCUT2D eigenvalue weighted by molar-refractivity contribution is -0.384. The number of carbonyl (C=O) groups is 1. The van der Waals surface area contributed by atoms with E-state index in [9.17, 15) is 14.9 Å². The van der Waals surface area contributed by atoms with Crippen LogP contribution in [0.25, 0.3) is 0 Å². The summed E-state index contributed by atoms with van der Waals surface area (Å²) in [7, 11) is 2.14. The topological polar surface area (TPSA) is 69.4 Å². The molecule has 0 spiro atoms. The Bertz CT molecular complexity index is 388. The molecular weight excluding hydrogens is 217 g/mol. The number of hydrogen-bond acceptors (Lipinski definition) is 4. The lowest BCUT2D eigenvalue weighted by atomic mass is 10.2. The lowest BCUT2D eigenvalue weighted by Gasteiger charge is -2.00. The van der Waals surface area contributed by atoms with E-state index in [2.05, 4.69) is 8.86 Å². The molecule has 0 N–H and O–H groups in total. The van der Waals surface area contributed by atoms with Gasteiger partial charge in [-0.25, -0.2) is 4.79 Å². The van der Waals surface area contributed by atoms with Gasteiger partial charge in [0.25, 0.3) is 5.69 Å². The Labute approximate surface area is 88.0 Å². The monoisotopic (exact) mass is 226 g/mol. The fourth-order valence-electron chi connectivity index (χ4n) is 0.916. The van der Waals surface area contributed by atoms with E-state index in [1.165, 1.54) is 17.9 Å². The van der Waals surface area contributed by atoms with Crippen LogP contribution in [0.3, 0.4) is 0 Å². The molecule has 0 aliphatic heterocycles. The Morgan fingerprint density at radius 2 is 2.07 bits per heavy atom. The van der Waals surface area contributed by atoms with Crippen LogP contribution in [-0.4, -0.2) is 16.7 Å². The summed E-state index contributed by atoms with van der Waals surface area (Å²) >= 11 is 0. The highest BCUT2D eigenvalue weighted by Crippen LogP contribution is 2.12. The maximum absolute atomic E-state index is 10.8. The number of carbonyl (C=O) groups excluding carboxylic acids is 1. The van der Waals surface area contributed by atoms with Crippen LogP contribution < -0.4 is 0 Å². The highest BCUT2D eigenvalue weighted by atomic mass is 31.0. The summed E-state index contributed by atoms with van der Waals surface area (Å²) < 4.78 is 4.79. The maximum Gasteiger partial charge on any atom is 0.373 e. The quantitative estimate of drug-likeness (QED) is 0.336. The molecule has 1 aromatic rings. The standard InChI is InChI=1S/C9H8NO4P/c11-9(6-15)14-5-7-1-3-8(4-2-7)10(12)13/h1-4,6,15H,5H2/p+1. The number of rotatable bonds is 4. The molecule has 0 aromatic heterocycles. The van der Waals surface area contributed by atoms with Crippen molar-refractivity contribution in [3.8, 4) is 0 Å². The predicted octanol–water partition coefficient (Wildman–Crippen LogP) is 1.32. The fourth-order valence-corrected chi connectivity index (χ4v) is 1.01. The Balaban J connectivity index is 2.60. The summed E-state index contributed by atoms with van der Waals surface area (Å²) in [4.78, 5) is 20.6. The molecule has 0 radical (unpaired) electrons. The first-order valence-electron chi connectivity index (χ1n) is 4.08. The maximum atomic E-state index is 10.8. The fraction of sp³-hybridized carbons (Fsp3) is 0.111. The first-order chi connectivity index (χ1) is 7.13. The third-order valence-corrected chi connectivity index (χ3v) is 1.94. The van der Waals surface area contributed by atoms with E-state index in [1.807, 2.05) is 0 Å². The summed E-state index contributed by atoms with van der Waals surface area (Å²) in [5.74, 6) is 0.782. The van der Waals surface area contributed by atoms with Crippen molar-refractivity contribution in [2.24, 2.45) is 0 Å². The van der Waals surface area contributed by atoms with E-state index in [1.54, 1.807) is 12.1 Å². The average Bonchev–Trinajstić information content (AvgIpc) is 2.26. The van der Waals surface area contributed by atoms with E-state index in [-0.39, 0.29) is 12.3 Å². The van der Waals surface area contributed by atoms with Gasteiger partial charge >= 0.3 is 5.97 Å². The van der Waals surface area contributed by atoms with Gasteiger partial charge in [-0.1, -0.05) is 0 Å². The van der Waals surface area contributed by atoms with Crippen LogP contribution in [0.15, 0.2) is 24.3 Å². The van der Waals surface area contributed by atoms with Crippen molar-refractivity contribution < 1.29 is 14.5 Å². The summed E-state index contributed by atoms with van der Waals surface area (Å²) in [6, 6.07) is 5.84. The van der Waals surface area contributed by atoms with E-state index < -0.39 is 10.9 Å². The van der Waals surface area contributed by atoms with E-state index in [0.717, 1.165) is 0 Å². The van der Waals surface area contributed by atoms with Crippen LogP contribution in [0.1, 0.15) is 5.56 Å². The van der Waals surface area contributed by atoms with Crippen molar-refractivity contribution in [2.75, 3.05) is 0 Å². The zero-order valence-corrected chi connectivity index (χ0v) is 8.91. The molecule has 0 saturated heterocycles. The molecule has 1 aromatic carbocycles. The van der Waals surface area contributed by atoms with Crippen LogP contribution in [0.4, 0.5) is 5.69 Å². The number of ether oxygens (including phenoxy) is 1. The van der Waals surface area contributed by atoms with Gasteiger partial charge in [0.05, 0.1) is 13.8 Å². The van der Waals surface area contributed by atoms with Crippen LogP contribution in [0.5, 0.6) is 0 Å². The molecule has 1 rings (SSSR count). The summed E-state index contributed by atoms with van der Waals surface area (Å²) in [5.41, 5.74) is 0.725. The van der Waals surface area contributed by atoms with Crippen LogP contribution >= 0.6 is 8.86 Å². The Hall–Kier alpha value is -1.74. The number of hydrogen-bond donors (Lipinski definition) is 0. The van der Waals surface area contributed by atoms with Crippen molar-refractivity contribution in [3.05, 3.63) is 39.9 Å². The van der Waals surface area contributed by atoms with Gasteiger partial charge in [0, 0.05) is 12.1 Å². The van der Waals surface area contributed by atoms with Gasteiger partial charge in [-0.2, -0.15) is 0 Å². The second-order valence-electron chi connectivity index (χ2n) is 2.70. The van der Waals surface area contributed by atoms with E-state index in [4.69, 9.17) is 4.74 Å². The van der Waals surface area contributed by atoms with Crippen LogP contribution in [-0.2, 0) is 16.1 Å². The predicted molar refractivity (Wildman–Crippen MR) is 58.7 cm³/mol. The van der Waals surface area contributed by atoms with Crippen molar-refractivity contribution in [2.45, 2.75) is 6.61 Å². The number of esters is 1. The van der Waals surface area contributed by atoms with Gasteiger partial charge < -0.3 is 4.74 Å². The SMILES string of the molecule is O=C(C=[PH2+])OCc1ccc([N+](=O)[O-])cc1. The molecule has 0 aliphatic rings. The second kappa shape index (κ2) is 5.22.